The van der Waals surface area contributed by atoms with Crippen LogP contribution in [0.15, 0.2) is 97.5 Å². The van der Waals surface area contributed by atoms with E-state index in [1.165, 1.54) is 22.0 Å². The Morgan fingerprint density at radius 2 is 1.41 bits per heavy atom. The second kappa shape index (κ2) is 10.8. The summed E-state index contributed by atoms with van der Waals surface area (Å²) in [6.07, 6.45) is 5.75. The molecule has 0 spiro atoms. The Kier molecular flexibility index (Phi) is 7.10. The summed E-state index contributed by atoms with van der Waals surface area (Å²) in [4.78, 5) is 9.46. The fraction of sp³-hybridized carbons (Fsp3) is 0.200. The Hall–Kier alpha value is -4.47. The summed E-state index contributed by atoms with van der Waals surface area (Å²) < 4.78 is 10.9. The first-order valence-corrected chi connectivity index (χ1v) is 15.4. The smallest absolute Gasteiger partial charge is 0.503 e. The van der Waals surface area contributed by atoms with Gasteiger partial charge in [0.1, 0.15) is 5.82 Å². The van der Waals surface area contributed by atoms with Crippen molar-refractivity contribution in [3.8, 4) is 17.3 Å². The summed E-state index contributed by atoms with van der Waals surface area (Å²) in [5.74, 6) is 2.07. The van der Waals surface area contributed by atoms with E-state index in [1.54, 1.807) is 0 Å². The quantitative estimate of drug-likeness (QED) is 0.133. The number of pyridine rings is 2. The molecule has 0 radical (unpaired) electrons. The Bertz CT molecular complexity index is 2430. The number of hydrogen-bond donors (Lipinski definition) is 0. The third kappa shape index (κ3) is 4.80. The number of aromatic nitrogens is 4. The van der Waals surface area contributed by atoms with E-state index in [0.29, 0.717) is 11.5 Å². The maximum Gasteiger partial charge on any atom is 2.00 e. The van der Waals surface area contributed by atoms with Crippen molar-refractivity contribution in [3.63, 3.8) is 0 Å². The second-order valence-corrected chi connectivity index (χ2v) is 13.9. The average Bonchev–Trinajstić information content (AvgIpc) is 3.63. The van der Waals surface area contributed by atoms with Gasteiger partial charge in [0.2, 0.25) is 0 Å². The van der Waals surface area contributed by atoms with E-state index in [2.05, 4.69) is 122 Å². The Labute approximate surface area is 283 Å². The Balaban J connectivity index is 0.00000338. The molecule has 0 N–H and O–H groups in total. The number of para-hydroxylation sites is 1. The van der Waals surface area contributed by atoms with Crippen LogP contribution in [0, 0.1) is 12.1 Å². The van der Waals surface area contributed by atoms with Crippen LogP contribution in [0.4, 0.5) is 0 Å². The van der Waals surface area contributed by atoms with E-state index >= 15 is 0 Å². The molecule has 4 aromatic carbocycles. The van der Waals surface area contributed by atoms with Crippen molar-refractivity contribution < 1.29 is 25.8 Å². The van der Waals surface area contributed by atoms with Crippen LogP contribution in [0.2, 0.25) is 0 Å². The van der Waals surface area contributed by atoms with E-state index in [9.17, 15) is 0 Å². The number of benzene rings is 4. The van der Waals surface area contributed by atoms with Crippen LogP contribution in [0.5, 0.6) is 11.5 Å². The van der Waals surface area contributed by atoms with Crippen molar-refractivity contribution in [2.45, 2.75) is 52.4 Å². The number of ether oxygens (including phenoxy) is 1. The molecule has 0 amide bonds. The fourth-order valence-corrected chi connectivity index (χ4v) is 6.48. The summed E-state index contributed by atoms with van der Waals surface area (Å²) in [5.41, 5.74) is 6.63. The molecule has 0 saturated carbocycles. The molecule has 0 saturated heterocycles. The van der Waals surface area contributed by atoms with Crippen molar-refractivity contribution >= 4 is 49.1 Å². The van der Waals surface area contributed by atoms with E-state index in [-0.39, 0.29) is 31.9 Å². The molecule has 0 fully saturated rings. The number of imidazole rings is 1. The van der Waals surface area contributed by atoms with Crippen LogP contribution in [-0.2, 0) is 31.9 Å². The molecule has 0 unspecified atom stereocenters. The zero-order chi connectivity index (χ0) is 31.1. The molecular formula is C40H34N4OPt. The van der Waals surface area contributed by atoms with E-state index in [1.807, 2.05) is 42.7 Å². The molecule has 0 bridgehead atoms. The SMILES string of the molecule is CC(C)(C)c1cc(C(C)(C)C)c2c(c1)c1ccc(Oc3[c-]c4c(cc3)c3ccccc3n4-c3ccccn3)[c-]c1c1nccn12.[Pt+2]. The molecule has 6 heteroatoms. The maximum atomic E-state index is 6.49. The molecule has 0 aliphatic carbocycles. The molecule has 230 valence electrons. The third-order valence-corrected chi connectivity index (χ3v) is 8.75. The number of hydrogen-bond acceptors (Lipinski definition) is 3. The summed E-state index contributed by atoms with van der Waals surface area (Å²) in [6, 6.07) is 34.4. The molecular weight excluding hydrogens is 748 g/mol. The minimum Gasteiger partial charge on any atom is -0.503 e. The second-order valence-electron chi connectivity index (χ2n) is 13.9. The minimum atomic E-state index is -0.0522. The zero-order valence-corrected chi connectivity index (χ0v) is 29.0. The van der Waals surface area contributed by atoms with Crippen LogP contribution in [0.25, 0.3) is 54.9 Å². The molecule has 8 rings (SSSR count). The van der Waals surface area contributed by atoms with Gasteiger partial charge in [0.15, 0.2) is 0 Å². The van der Waals surface area contributed by atoms with Gasteiger partial charge in [-0.25, -0.2) is 4.98 Å². The van der Waals surface area contributed by atoms with Crippen molar-refractivity contribution in [1.82, 2.24) is 18.9 Å². The molecule has 4 aromatic heterocycles. The van der Waals surface area contributed by atoms with Crippen molar-refractivity contribution in [1.29, 1.82) is 0 Å². The first-order chi connectivity index (χ1) is 21.6. The van der Waals surface area contributed by atoms with Gasteiger partial charge in [0.25, 0.3) is 0 Å². The summed E-state index contributed by atoms with van der Waals surface area (Å²) in [7, 11) is 0. The first-order valence-electron chi connectivity index (χ1n) is 15.4. The van der Waals surface area contributed by atoms with Crippen LogP contribution in [-0.4, -0.2) is 18.9 Å². The van der Waals surface area contributed by atoms with Gasteiger partial charge in [0, 0.05) is 41.1 Å². The van der Waals surface area contributed by atoms with Gasteiger partial charge < -0.3 is 13.7 Å². The predicted molar refractivity (Wildman–Crippen MR) is 184 cm³/mol. The van der Waals surface area contributed by atoms with E-state index < -0.39 is 0 Å². The molecule has 5 nitrogen and oxygen atoms in total. The van der Waals surface area contributed by atoms with Crippen molar-refractivity contribution in [2.75, 3.05) is 0 Å². The minimum absolute atomic E-state index is 0. The third-order valence-electron chi connectivity index (χ3n) is 8.75. The summed E-state index contributed by atoms with van der Waals surface area (Å²) in [6.45, 7) is 13.7. The maximum absolute atomic E-state index is 6.49. The van der Waals surface area contributed by atoms with Gasteiger partial charge in [-0.3, -0.25) is 4.98 Å². The topological polar surface area (TPSA) is 44.3 Å². The van der Waals surface area contributed by atoms with E-state index in [4.69, 9.17) is 9.72 Å². The van der Waals surface area contributed by atoms with Gasteiger partial charge >= 0.3 is 21.1 Å². The van der Waals surface area contributed by atoms with E-state index in [0.717, 1.165) is 44.0 Å². The van der Waals surface area contributed by atoms with Gasteiger partial charge in [-0.1, -0.05) is 100 Å². The van der Waals surface area contributed by atoms with Crippen LogP contribution in [0.3, 0.4) is 0 Å². The molecule has 0 aliphatic heterocycles. The molecule has 0 atom stereocenters. The Morgan fingerprint density at radius 1 is 0.674 bits per heavy atom. The first kappa shape index (κ1) is 30.2. The van der Waals surface area contributed by atoms with Crippen molar-refractivity contribution in [3.05, 3.63) is 121 Å². The van der Waals surface area contributed by atoms with Gasteiger partial charge in [0.05, 0.1) is 5.65 Å². The summed E-state index contributed by atoms with van der Waals surface area (Å²) in [5, 5.41) is 5.49. The average molecular weight is 782 g/mol. The van der Waals surface area contributed by atoms with Crippen LogP contribution < -0.4 is 4.74 Å². The molecule has 46 heavy (non-hydrogen) atoms. The monoisotopic (exact) mass is 781 g/mol. The number of rotatable bonds is 3. The molecule has 4 heterocycles. The summed E-state index contributed by atoms with van der Waals surface area (Å²) >= 11 is 0. The molecule has 8 aromatic rings. The van der Waals surface area contributed by atoms with Crippen LogP contribution in [0.1, 0.15) is 52.7 Å². The van der Waals surface area contributed by atoms with Gasteiger partial charge in [-0.15, -0.1) is 29.7 Å². The number of nitrogens with zero attached hydrogens (tertiary/aromatic N) is 4. The standard InChI is InChI=1S/C40H34N4O.Pt/c1-39(2,3)25-21-31-28-16-14-26(23-32(28)38-42-19-20-43(38)37(31)33(22-25)40(4,5)6)45-27-15-17-30-29-11-7-8-12-34(29)44(35(30)24-27)36-13-9-10-18-41-36;/h7-22H,1-6H3;/q-2;+2. The van der Waals surface area contributed by atoms with Crippen LogP contribution >= 0.6 is 0 Å². The fourth-order valence-electron chi connectivity index (χ4n) is 6.48. The predicted octanol–water partition coefficient (Wildman–Crippen LogP) is 10.1. The zero-order valence-electron chi connectivity index (χ0n) is 26.8. The molecule has 0 aliphatic rings. The van der Waals surface area contributed by atoms with Gasteiger partial charge in [-0.05, 0) is 50.9 Å². The largest absolute Gasteiger partial charge is 2.00 e. The van der Waals surface area contributed by atoms with Crippen molar-refractivity contribution in [2.24, 2.45) is 0 Å². The van der Waals surface area contributed by atoms with Gasteiger partial charge in [-0.2, -0.15) is 6.07 Å². The number of fused-ring (bicyclic) bond motifs is 9. The Morgan fingerprint density at radius 3 is 2.15 bits per heavy atom. The normalized spacial score (nSPS) is 12.4.